The summed E-state index contributed by atoms with van der Waals surface area (Å²) in [6, 6.07) is 1.98. The van der Waals surface area contributed by atoms with Crippen molar-refractivity contribution in [3.63, 3.8) is 0 Å². The largest absolute Gasteiger partial charge is 0.407 e. The summed E-state index contributed by atoms with van der Waals surface area (Å²) in [4.78, 5) is 2.34. The standard InChI is InChI=1S/C15H26N4O/c1-11(2)10-19(13-5-3-4-6-13)15-18-17-14(20-15)9-16-12-7-8-12/h11-13,16H,3-10H2,1-2H3. The van der Waals surface area contributed by atoms with Gasteiger partial charge in [-0.2, -0.15) is 0 Å². The van der Waals surface area contributed by atoms with E-state index in [1.54, 1.807) is 0 Å². The van der Waals surface area contributed by atoms with E-state index in [4.69, 9.17) is 4.42 Å². The first-order chi connectivity index (χ1) is 9.72. The Balaban J connectivity index is 1.65. The molecule has 0 aromatic carbocycles. The second-order valence-corrected chi connectivity index (χ2v) is 6.62. The van der Waals surface area contributed by atoms with E-state index in [9.17, 15) is 0 Å². The summed E-state index contributed by atoms with van der Waals surface area (Å²) >= 11 is 0. The van der Waals surface area contributed by atoms with Gasteiger partial charge < -0.3 is 14.6 Å². The molecule has 2 fully saturated rings. The third-order valence-corrected chi connectivity index (χ3v) is 4.15. The van der Waals surface area contributed by atoms with Gasteiger partial charge in [-0.1, -0.05) is 31.8 Å². The number of hydrogen-bond acceptors (Lipinski definition) is 5. The van der Waals surface area contributed by atoms with Gasteiger partial charge in [-0.3, -0.25) is 0 Å². The van der Waals surface area contributed by atoms with Gasteiger partial charge in [-0.25, -0.2) is 0 Å². The summed E-state index contributed by atoms with van der Waals surface area (Å²) in [6.07, 6.45) is 7.72. The molecule has 2 saturated carbocycles. The van der Waals surface area contributed by atoms with E-state index < -0.39 is 0 Å². The van der Waals surface area contributed by atoms with Crippen LogP contribution in [0.2, 0.25) is 0 Å². The predicted octanol–water partition coefficient (Wildman–Crippen LogP) is 2.73. The second kappa shape index (κ2) is 6.12. The van der Waals surface area contributed by atoms with Crippen LogP contribution in [0.1, 0.15) is 58.3 Å². The first-order valence-electron chi connectivity index (χ1n) is 8.05. The summed E-state index contributed by atoms with van der Waals surface area (Å²) in [7, 11) is 0. The van der Waals surface area contributed by atoms with Crippen molar-refractivity contribution in [2.75, 3.05) is 11.4 Å². The number of nitrogens with one attached hydrogen (secondary N) is 1. The molecule has 1 N–H and O–H groups in total. The van der Waals surface area contributed by atoms with Gasteiger partial charge in [0.1, 0.15) is 0 Å². The Kier molecular flexibility index (Phi) is 4.24. The SMILES string of the molecule is CC(C)CN(c1nnc(CNC2CC2)o1)C1CCCC1. The molecule has 0 unspecified atom stereocenters. The van der Waals surface area contributed by atoms with Crippen molar-refractivity contribution in [2.45, 2.75) is 71.0 Å². The molecular weight excluding hydrogens is 252 g/mol. The molecule has 2 aliphatic carbocycles. The molecule has 0 amide bonds. The van der Waals surface area contributed by atoms with Crippen LogP contribution in [0.5, 0.6) is 0 Å². The van der Waals surface area contributed by atoms with Gasteiger partial charge in [0.25, 0.3) is 0 Å². The fourth-order valence-electron chi connectivity index (χ4n) is 2.94. The van der Waals surface area contributed by atoms with Crippen LogP contribution < -0.4 is 10.2 Å². The molecule has 5 heteroatoms. The Bertz CT molecular complexity index is 421. The monoisotopic (exact) mass is 278 g/mol. The number of aromatic nitrogens is 2. The minimum atomic E-state index is 0.585. The molecular formula is C15H26N4O. The Hall–Kier alpha value is -1.10. The van der Waals surface area contributed by atoms with E-state index in [0.29, 0.717) is 24.5 Å². The van der Waals surface area contributed by atoms with Gasteiger partial charge in [0, 0.05) is 18.6 Å². The second-order valence-electron chi connectivity index (χ2n) is 6.62. The lowest BCUT2D eigenvalue weighted by Crippen LogP contribution is -2.36. The van der Waals surface area contributed by atoms with Crippen LogP contribution in [-0.4, -0.2) is 28.8 Å². The van der Waals surface area contributed by atoms with Crippen molar-refractivity contribution in [3.05, 3.63) is 5.89 Å². The highest BCUT2D eigenvalue weighted by molar-refractivity contribution is 5.27. The molecule has 20 heavy (non-hydrogen) atoms. The van der Waals surface area contributed by atoms with Gasteiger partial charge in [0.2, 0.25) is 5.89 Å². The van der Waals surface area contributed by atoms with Gasteiger partial charge in [-0.15, -0.1) is 5.10 Å². The van der Waals surface area contributed by atoms with E-state index in [0.717, 1.165) is 18.5 Å². The molecule has 3 rings (SSSR count). The molecule has 0 radical (unpaired) electrons. The predicted molar refractivity (Wildman–Crippen MR) is 78.6 cm³/mol. The van der Waals surface area contributed by atoms with E-state index in [-0.39, 0.29) is 0 Å². The number of hydrogen-bond donors (Lipinski definition) is 1. The normalized spacial score (nSPS) is 19.9. The highest BCUT2D eigenvalue weighted by Crippen LogP contribution is 2.28. The molecule has 1 aromatic heterocycles. The number of anilines is 1. The third-order valence-electron chi connectivity index (χ3n) is 4.15. The maximum Gasteiger partial charge on any atom is 0.318 e. The van der Waals surface area contributed by atoms with Crippen LogP contribution in [0.25, 0.3) is 0 Å². The molecule has 0 atom stereocenters. The van der Waals surface area contributed by atoms with E-state index in [2.05, 4.69) is 34.3 Å². The number of rotatable bonds is 7. The van der Waals surface area contributed by atoms with Gasteiger partial charge in [0.05, 0.1) is 6.54 Å². The molecule has 112 valence electrons. The fraction of sp³-hybridized carbons (Fsp3) is 0.867. The van der Waals surface area contributed by atoms with Crippen molar-refractivity contribution in [1.29, 1.82) is 0 Å². The van der Waals surface area contributed by atoms with Gasteiger partial charge in [0.15, 0.2) is 0 Å². The molecule has 5 nitrogen and oxygen atoms in total. The van der Waals surface area contributed by atoms with Crippen molar-refractivity contribution in [3.8, 4) is 0 Å². The average Bonchev–Trinajstić information content (AvgIpc) is 2.93. The van der Waals surface area contributed by atoms with Crippen molar-refractivity contribution in [1.82, 2.24) is 15.5 Å². The smallest absolute Gasteiger partial charge is 0.318 e. The Morgan fingerprint density at radius 3 is 2.60 bits per heavy atom. The average molecular weight is 278 g/mol. The van der Waals surface area contributed by atoms with Crippen LogP contribution in [0, 0.1) is 5.92 Å². The zero-order valence-electron chi connectivity index (χ0n) is 12.6. The van der Waals surface area contributed by atoms with Crippen LogP contribution in [0.3, 0.4) is 0 Å². The first-order valence-corrected chi connectivity index (χ1v) is 8.05. The van der Waals surface area contributed by atoms with Crippen molar-refractivity contribution in [2.24, 2.45) is 5.92 Å². The first kappa shape index (κ1) is 13.9. The van der Waals surface area contributed by atoms with Gasteiger partial charge in [-0.05, 0) is 31.6 Å². The summed E-state index contributed by atoms with van der Waals surface area (Å²) < 4.78 is 5.88. The zero-order valence-corrected chi connectivity index (χ0v) is 12.6. The van der Waals surface area contributed by atoms with E-state index in [1.807, 2.05) is 0 Å². The minimum absolute atomic E-state index is 0.585. The summed E-state index contributed by atoms with van der Waals surface area (Å²) in [5, 5.41) is 11.9. The van der Waals surface area contributed by atoms with Gasteiger partial charge >= 0.3 is 6.01 Å². The molecule has 0 spiro atoms. The molecule has 1 aromatic rings. The van der Waals surface area contributed by atoms with E-state index in [1.165, 1.54) is 38.5 Å². The third kappa shape index (κ3) is 3.51. The van der Waals surface area contributed by atoms with Crippen LogP contribution in [-0.2, 0) is 6.54 Å². The topological polar surface area (TPSA) is 54.2 Å². The summed E-state index contributed by atoms with van der Waals surface area (Å²) in [6.45, 7) is 6.20. The van der Waals surface area contributed by atoms with Crippen LogP contribution >= 0.6 is 0 Å². The minimum Gasteiger partial charge on any atom is -0.407 e. The lowest BCUT2D eigenvalue weighted by atomic mass is 10.1. The fourth-order valence-corrected chi connectivity index (χ4v) is 2.94. The zero-order chi connectivity index (χ0) is 13.9. The lowest BCUT2D eigenvalue weighted by molar-refractivity contribution is 0.429. The highest BCUT2D eigenvalue weighted by atomic mass is 16.4. The Labute approximate surface area is 121 Å². The maximum absolute atomic E-state index is 5.88. The lowest BCUT2D eigenvalue weighted by Gasteiger charge is -2.28. The van der Waals surface area contributed by atoms with E-state index >= 15 is 0 Å². The van der Waals surface area contributed by atoms with Crippen molar-refractivity contribution >= 4 is 6.01 Å². The summed E-state index contributed by atoms with van der Waals surface area (Å²) in [5.41, 5.74) is 0. The summed E-state index contributed by atoms with van der Waals surface area (Å²) in [5.74, 6) is 1.33. The van der Waals surface area contributed by atoms with Crippen LogP contribution in [0.4, 0.5) is 6.01 Å². The number of nitrogens with zero attached hydrogens (tertiary/aromatic N) is 3. The Morgan fingerprint density at radius 2 is 1.95 bits per heavy atom. The molecule has 1 heterocycles. The Morgan fingerprint density at radius 1 is 1.20 bits per heavy atom. The van der Waals surface area contributed by atoms with Crippen molar-refractivity contribution < 1.29 is 4.42 Å². The molecule has 0 aliphatic heterocycles. The van der Waals surface area contributed by atoms with Crippen LogP contribution in [0.15, 0.2) is 4.42 Å². The highest BCUT2D eigenvalue weighted by Gasteiger charge is 2.27. The quantitative estimate of drug-likeness (QED) is 0.831. The molecule has 0 bridgehead atoms. The maximum atomic E-state index is 5.88. The molecule has 2 aliphatic rings. The molecule has 0 saturated heterocycles.